The SMILES string of the molecule is CC(C)(CNc1ncc(-c2nccc(C(N)=O)n2)cn1)c1ncccc1F. The summed E-state index contributed by atoms with van der Waals surface area (Å²) in [5, 5.41) is 3.08. The molecule has 3 heterocycles. The number of anilines is 1. The van der Waals surface area contributed by atoms with E-state index < -0.39 is 11.3 Å². The van der Waals surface area contributed by atoms with Crippen molar-refractivity contribution in [3.8, 4) is 11.4 Å². The predicted molar refractivity (Wildman–Crippen MR) is 97.3 cm³/mol. The number of rotatable bonds is 6. The molecule has 0 spiro atoms. The lowest BCUT2D eigenvalue weighted by atomic mass is 9.88. The van der Waals surface area contributed by atoms with Gasteiger partial charge in [-0.1, -0.05) is 13.8 Å². The number of carbonyl (C=O) groups is 1. The van der Waals surface area contributed by atoms with Crippen LogP contribution in [0.5, 0.6) is 0 Å². The Morgan fingerprint density at radius 3 is 2.56 bits per heavy atom. The molecule has 9 heteroatoms. The van der Waals surface area contributed by atoms with Crippen molar-refractivity contribution in [2.45, 2.75) is 19.3 Å². The fourth-order valence-corrected chi connectivity index (χ4v) is 2.44. The number of carbonyl (C=O) groups excluding carboxylic acids is 1. The fourth-order valence-electron chi connectivity index (χ4n) is 2.44. The first-order valence-corrected chi connectivity index (χ1v) is 8.17. The number of nitrogens with zero attached hydrogens (tertiary/aromatic N) is 5. The zero-order valence-corrected chi connectivity index (χ0v) is 14.8. The van der Waals surface area contributed by atoms with Crippen LogP contribution in [0.2, 0.25) is 0 Å². The van der Waals surface area contributed by atoms with E-state index in [1.54, 1.807) is 12.3 Å². The molecule has 3 aromatic heterocycles. The summed E-state index contributed by atoms with van der Waals surface area (Å²) < 4.78 is 14.0. The molecule has 0 saturated heterocycles. The van der Waals surface area contributed by atoms with E-state index >= 15 is 0 Å². The van der Waals surface area contributed by atoms with Gasteiger partial charge >= 0.3 is 0 Å². The monoisotopic (exact) mass is 367 g/mol. The molecule has 0 fully saturated rings. The van der Waals surface area contributed by atoms with Crippen molar-refractivity contribution < 1.29 is 9.18 Å². The minimum atomic E-state index is -0.637. The van der Waals surface area contributed by atoms with Crippen LogP contribution < -0.4 is 11.1 Å². The Labute approximate surface area is 155 Å². The minimum absolute atomic E-state index is 0.112. The maximum absolute atomic E-state index is 14.0. The highest BCUT2D eigenvalue weighted by atomic mass is 19.1. The van der Waals surface area contributed by atoms with Gasteiger partial charge in [-0.05, 0) is 18.2 Å². The fraction of sp³-hybridized carbons (Fsp3) is 0.222. The van der Waals surface area contributed by atoms with Crippen LogP contribution in [0.15, 0.2) is 43.0 Å². The van der Waals surface area contributed by atoms with Crippen LogP contribution in [0.4, 0.5) is 10.3 Å². The number of primary amides is 1. The van der Waals surface area contributed by atoms with Crippen molar-refractivity contribution in [3.63, 3.8) is 0 Å². The number of pyridine rings is 1. The Kier molecular flexibility index (Phi) is 5.02. The molecule has 1 amide bonds. The Balaban J connectivity index is 1.72. The molecule has 0 aromatic carbocycles. The molecular formula is C18H18FN7O. The summed E-state index contributed by atoms with van der Waals surface area (Å²) >= 11 is 0. The lowest BCUT2D eigenvalue weighted by Crippen LogP contribution is -2.30. The second kappa shape index (κ2) is 7.40. The van der Waals surface area contributed by atoms with Gasteiger partial charge in [-0.3, -0.25) is 9.78 Å². The molecule has 8 nitrogen and oxygen atoms in total. The molecule has 0 bridgehead atoms. The average molecular weight is 367 g/mol. The summed E-state index contributed by atoms with van der Waals surface area (Å²) in [7, 11) is 0. The molecule has 0 saturated carbocycles. The van der Waals surface area contributed by atoms with Crippen LogP contribution in [-0.2, 0) is 5.41 Å². The van der Waals surface area contributed by atoms with Crippen LogP contribution in [-0.4, -0.2) is 37.4 Å². The molecule has 0 unspecified atom stereocenters. The van der Waals surface area contributed by atoms with E-state index in [0.717, 1.165) is 0 Å². The van der Waals surface area contributed by atoms with Crippen LogP contribution >= 0.6 is 0 Å². The van der Waals surface area contributed by atoms with E-state index in [9.17, 15) is 9.18 Å². The Morgan fingerprint density at radius 2 is 1.89 bits per heavy atom. The van der Waals surface area contributed by atoms with E-state index in [2.05, 4.69) is 30.2 Å². The normalized spacial score (nSPS) is 11.2. The summed E-state index contributed by atoms with van der Waals surface area (Å²) in [6.45, 7) is 4.14. The number of hydrogen-bond donors (Lipinski definition) is 2. The van der Waals surface area contributed by atoms with Gasteiger partial charge in [-0.25, -0.2) is 24.3 Å². The summed E-state index contributed by atoms with van der Waals surface area (Å²) in [6.07, 6.45) is 6.07. The lowest BCUT2D eigenvalue weighted by molar-refractivity contribution is 0.0995. The number of halogens is 1. The molecular weight excluding hydrogens is 349 g/mol. The summed E-state index contributed by atoms with van der Waals surface area (Å²) in [5.41, 5.74) is 5.68. The minimum Gasteiger partial charge on any atom is -0.364 e. The first-order chi connectivity index (χ1) is 12.9. The molecule has 3 aromatic rings. The van der Waals surface area contributed by atoms with Gasteiger partial charge in [-0.15, -0.1) is 0 Å². The first-order valence-electron chi connectivity index (χ1n) is 8.17. The van der Waals surface area contributed by atoms with Gasteiger partial charge in [0.1, 0.15) is 11.5 Å². The van der Waals surface area contributed by atoms with E-state index in [4.69, 9.17) is 5.73 Å². The first kappa shape index (κ1) is 18.3. The van der Waals surface area contributed by atoms with Gasteiger partial charge in [0, 0.05) is 36.7 Å². The predicted octanol–water partition coefficient (Wildman–Crippen LogP) is 1.96. The van der Waals surface area contributed by atoms with Crippen molar-refractivity contribution in [2.24, 2.45) is 5.73 Å². The van der Waals surface area contributed by atoms with Crippen LogP contribution in [0.25, 0.3) is 11.4 Å². The molecule has 0 aliphatic carbocycles. The number of amides is 1. The maximum atomic E-state index is 14.0. The lowest BCUT2D eigenvalue weighted by Gasteiger charge is -2.24. The van der Waals surface area contributed by atoms with Gasteiger partial charge < -0.3 is 11.1 Å². The molecule has 0 atom stereocenters. The van der Waals surface area contributed by atoms with Crippen molar-refractivity contribution in [2.75, 3.05) is 11.9 Å². The van der Waals surface area contributed by atoms with Gasteiger partial charge in [-0.2, -0.15) is 0 Å². The van der Waals surface area contributed by atoms with Gasteiger partial charge in [0.2, 0.25) is 5.95 Å². The molecule has 0 aliphatic heterocycles. The summed E-state index contributed by atoms with van der Waals surface area (Å²) in [4.78, 5) is 31.9. The highest BCUT2D eigenvalue weighted by Crippen LogP contribution is 2.24. The highest BCUT2D eigenvalue weighted by Gasteiger charge is 2.25. The highest BCUT2D eigenvalue weighted by molar-refractivity contribution is 5.91. The molecule has 138 valence electrons. The topological polar surface area (TPSA) is 120 Å². The number of aromatic nitrogens is 5. The third-order valence-corrected chi connectivity index (χ3v) is 3.91. The Hall–Kier alpha value is -3.49. The molecule has 27 heavy (non-hydrogen) atoms. The summed E-state index contributed by atoms with van der Waals surface area (Å²) in [5.74, 6) is -0.322. The standard InChI is InChI=1S/C18H18FN7O/c1-18(2,14-12(19)4-3-6-21-14)10-25-17-23-8-11(9-24-17)16-22-7-5-13(26-16)15(20)27/h3-9H,10H2,1-2H3,(H2,20,27)(H,23,24,25). The van der Waals surface area contributed by atoms with Crippen molar-refractivity contribution >= 4 is 11.9 Å². The molecule has 3 rings (SSSR count). The number of nitrogens with one attached hydrogen (secondary N) is 1. The largest absolute Gasteiger partial charge is 0.364 e. The van der Waals surface area contributed by atoms with E-state index in [0.29, 0.717) is 29.6 Å². The number of nitrogens with two attached hydrogens (primary N) is 1. The number of hydrogen-bond acceptors (Lipinski definition) is 7. The smallest absolute Gasteiger partial charge is 0.267 e. The molecule has 0 radical (unpaired) electrons. The molecule has 3 N–H and O–H groups in total. The average Bonchev–Trinajstić information content (AvgIpc) is 2.67. The van der Waals surface area contributed by atoms with E-state index in [1.165, 1.54) is 30.7 Å². The van der Waals surface area contributed by atoms with E-state index in [1.807, 2.05) is 13.8 Å². The van der Waals surface area contributed by atoms with Gasteiger partial charge in [0.25, 0.3) is 5.91 Å². The third-order valence-electron chi connectivity index (χ3n) is 3.91. The van der Waals surface area contributed by atoms with E-state index in [-0.39, 0.29) is 11.5 Å². The second-order valence-electron chi connectivity index (χ2n) is 6.50. The second-order valence-corrected chi connectivity index (χ2v) is 6.50. The van der Waals surface area contributed by atoms with Crippen molar-refractivity contribution in [1.82, 2.24) is 24.9 Å². The van der Waals surface area contributed by atoms with Crippen molar-refractivity contribution in [3.05, 3.63) is 60.2 Å². The maximum Gasteiger partial charge on any atom is 0.267 e. The molecule has 0 aliphatic rings. The van der Waals surface area contributed by atoms with Crippen molar-refractivity contribution in [1.29, 1.82) is 0 Å². The quantitative estimate of drug-likeness (QED) is 0.683. The van der Waals surface area contributed by atoms with Crippen LogP contribution in [0, 0.1) is 5.82 Å². The van der Waals surface area contributed by atoms with Crippen LogP contribution in [0.3, 0.4) is 0 Å². The zero-order chi connectivity index (χ0) is 19.4. The third kappa shape index (κ3) is 4.20. The Bertz CT molecular complexity index is 960. The Morgan fingerprint density at radius 1 is 1.15 bits per heavy atom. The zero-order valence-electron chi connectivity index (χ0n) is 14.8. The van der Waals surface area contributed by atoms with Gasteiger partial charge in [0.05, 0.1) is 11.3 Å². The van der Waals surface area contributed by atoms with Gasteiger partial charge in [0.15, 0.2) is 5.82 Å². The van der Waals surface area contributed by atoms with Crippen LogP contribution in [0.1, 0.15) is 30.0 Å². The summed E-state index contributed by atoms with van der Waals surface area (Å²) in [6, 6.07) is 4.37.